The SMILES string of the molecule is COCCc1ncc(CN2CCC(c3cc(Cc4ccc(OC)cc4)cc(C)n3)CC2)cn1. The Bertz CT molecular complexity index is 1010. The summed E-state index contributed by atoms with van der Waals surface area (Å²) in [6, 6.07) is 12.8. The second-order valence-corrected chi connectivity index (χ2v) is 8.87. The molecule has 1 aromatic carbocycles. The number of hydrogen-bond donors (Lipinski definition) is 0. The number of piperidine rings is 1. The molecule has 1 aliphatic rings. The number of aryl methyl sites for hydroxylation is 1. The van der Waals surface area contributed by atoms with Gasteiger partial charge in [-0.25, -0.2) is 9.97 Å². The van der Waals surface area contributed by atoms with E-state index in [9.17, 15) is 0 Å². The van der Waals surface area contributed by atoms with Crippen LogP contribution in [0.3, 0.4) is 0 Å². The van der Waals surface area contributed by atoms with E-state index in [-0.39, 0.29) is 0 Å². The standard InChI is InChI=1S/C27H34N4O2/c1-20-14-22(15-21-4-6-25(33-3)7-5-21)16-26(30-20)24-8-11-31(12-9-24)19-23-17-28-27(29-18-23)10-13-32-2/h4-7,14,16-18,24H,8-13,15,19H2,1-3H3. The van der Waals surface area contributed by atoms with Gasteiger partial charge < -0.3 is 9.47 Å². The summed E-state index contributed by atoms with van der Waals surface area (Å²) in [7, 11) is 3.40. The highest BCUT2D eigenvalue weighted by Crippen LogP contribution is 2.29. The van der Waals surface area contributed by atoms with E-state index in [1.165, 1.54) is 22.4 Å². The van der Waals surface area contributed by atoms with Crippen molar-refractivity contribution in [3.63, 3.8) is 0 Å². The van der Waals surface area contributed by atoms with Gasteiger partial charge in [-0.15, -0.1) is 0 Å². The van der Waals surface area contributed by atoms with Crippen LogP contribution in [-0.2, 0) is 24.1 Å². The van der Waals surface area contributed by atoms with Crippen LogP contribution in [0.2, 0.25) is 0 Å². The molecule has 0 amide bonds. The lowest BCUT2D eigenvalue weighted by molar-refractivity contribution is 0.199. The molecule has 174 valence electrons. The minimum absolute atomic E-state index is 0.517. The van der Waals surface area contributed by atoms with Crippen LogP contribution in [0.5, 0.6) is 5.75 Å². The molecular formula is C27H34N4O2. The largest absolute Gasteiger partial charge is 0.497 e. The molecule has 3 aromatic rings. The minimum Gasteiger partial charge on any atom is -0.497 e. The molecule has 1 saturated heterocycles. The highest BCUT2D eigenvalue weighted by molar-refractivity contribution is 5.33. The number of hydrogen-bond acceptors (Lipinski definition) is 6. The van der Waals surface area contributed by atoms with Gasteiger partial charge in [0.25, 0.3) is 0 Å². The summed E-state index contributed by atoms with van der Waals surface area (Å²) in [4.78, 5) is 16.3. The van der Waals surface area contributed by atoms with Crippen molar-refractivity contribution in [2.24, 2.45) is 0 Å². The van der Waals surface area contributed by atoms with Crippen LogP contribution < -0.4 is 4.74 Å². The highest BCUT2D eigenvalue weighted by Gasteiger charge is 2.22. The number of benzene rings is 1. The number of aromatic nitrogens is 3. The normalized spacial score (nSPS) is 15.0. The summed E-state index contributed by atoms with van der Waals surface area (Å²) in [5.41, 5.74) is 6.13. The summed E-state index contributed by atoms with van der Waals surface area (Å²) in [5, 5.41) is 0. The molecule has 0 saturated carbocycles. The van der Waals surface area contributed by atoms with Crippen LogP contribution in [0, 0.1) is 6.92 Å². The van der Waals surface area contributed by atoms with Crippen LogP contribution in [-0.4, -0.2) is 53.8 Å². The van der Waals surface area contributed by atoms with Gasteiger partial charge in [0.15, 0.2) is 0 Å². The third kappa shape index (κ3) is 6.59. The maximum atomic E-state index is 5.28. The first-order valence-electron chi connectivity index (χ1n) is 11.7. The zero-order chi connectivity index (χ0) is 23.0. The van der Waals surface area contributed by atoms with Crippen LogP contribution in [0.25, 0.3) is 0 Å². The Hall–Kier alpha value is -2.83. The van der Waals surface area contributed by atoms with Crippen molar-refractivity contribution in [2.45, 2.75) is 45.1 Å². The molecule has 1 fully saturated rings. The summed E-state index contributed by atoms with van der Waals surface area (Å²) in [5.74, 6) is 2.25. The first kappa shape index (κ1) is 23.3. The second-order valence-electron chi connectivity index (χ2n) is 8.87. The molecule has 0 atom stereocenters. The molecule has 2 aromatic heterocycles. The van der Waals surface area contributed by atoms with Crippen LogP contribution >= 0.6 is 0 Å². The van der Waals surface area contributed by atoms with E-state index in [2.05, 4.69) is 46.1 Å². The van der Waals surface area contributed by atoms with E-state index < -0.39 is 0 Å². The van der Waals surface area contributed by atoms with Gasteiger partial charge in [0.2, 0.25) is 0 Å². The predicted octanol–water partition coefficient (Wildman–Crippen LogP) is 4.35. The molecular weight excluding hydrogens is 412 g/mol. The molecule has 6 nitrogen and oxygen atoms in total. The maximum Gasteiger partial charge on any atom is 0.130 e. The van der Waals surface area contributed by atoms with E-state index in [1.807, 2.05) is 24.5 Å². The Balaban J connectivity index is 1.33. The van der Waals surface area contributed by atoms with Gasteiger partial charge in [0.05, 0.1) is 13.7 Å². The van der Waals surface area contributed by atoms with E-state index in [1.54, 1.807) is 14.2 Å². The molecule has 33 heavy (non-hydrogen) atoms. The molecule has 0 radical (unpaired) electrons. The van der Waals surface area contributed by atoms with Gasteiger partial charge in [-0.05, 0) is 74.7 Å². The number of ether oxygens (including phenoxy) is 2. The maximum absolute atomic E-state index is 5.28. The van der Waals surface area contributed by atoms with Gasteiger partial charge in [-0.1, -0.05) is 12.1 Å². The summed E-state index contributed by atoms with van der Waals surface area (Å²) in [6.07, 6.45) is 7.84. The zero-order valence-corrected chi connectivity index (χ0v) is 20.0. The van der Waals surface area contributed by atoms with Crippen molar-refractivity contribution in [3.05, 3.63) is 82.7 Å². The summed E-state index contributed by atoms with van der Waals surface area (Å²) < 4.78 is 10.4. The zero-order valence-electron chi connectivity index (χ0n) is 20.0. The van der Waals surface area contributed by atoms with Crippen LogP contribution in [0.1, 0.15) is 52.7 Å². The number of rotatable bonds is 9. The van der Waals surface area contributed by atoms with Gasteiger partial charge in [0.1, 0.15) is 11.6 Å². The van der Waals surface area contributed by atoms with E-state index in [0.717, 1.165) is 62.6 Å². The average molecular weight is 447 g/mol. The number of pyridine rings is 1. The van der Waals surface area contributed by atoms with Crippen LogP contribution in [0.4, 0.5) is 0 Å². The fourth-order valence-electron chi connectivity index (χ4n) is 4.49. The fourth-order valence-corrected chi connectivity index (χ4v) is 4.49. The summed E-state index contributed by atoms with van der Waals surface area (Å²) >= 11 is 0. The van der Waals surface area contributed by atoms with Crippen molar-refractivity contribution in [1.29, 1.82) is 0 Å². The Morgan fingerprint density at radius 2 is 1.67 bits per heavy atom. The second kappa shape index (κ2) is 11.3. The Morgan fingerprint density at radius 3 is 2.33 bits per heavy atom. The highest BCUT2D eigenvalue weighted by atomic mass is 16.5. The molecule has 0 unspecified atom stereocenters. The predicted molar refractivity (Wildman–Crippen MR) is 130 cm³/mol. The van der Waals surface area contributed by atoms with Crippen molar-refractivity contribution in [1.82, 2.24) is 19.9 Å². The molecule has 1 aliphatic heterocycles. The van der Waals surface area contributed by atoms with Gasteiger partial charge in [-0.2, -0.15) is 0 Å². The lowest BCUT2D eigenvalue weighted by atomic mass is 9.91. The first-order valence-corrected chi connectivity index (χ1v) is 11.7. The minimum atomic E-state index is 0.517. The monoisotopic (exact) mass is 446 g/mol. The summed E-state index contributed by atoms with van der Waals surface area (Å²) in [6.45, 7) is 5.80. The van der Waals surface area contributed by atoms with Crippen molar-refractivity contribution >= 4 is 0 Å². The lowest BCUT2D eigenvalue weighted by Gasteiger charge is -2.31. The molecule has 3 heterocycles. The lowest BCUT2D eigenvalue weighted by Crippen LogP contribution is -2.32. The third-order valence-electron chi connectivity index (χ3n) is 6.30. The topological polar surface area (TPSA) is 60.4 Å². The van der Waals surface area contributed by atoms with Crippen molar-refractivity contribution in [3.8, 4) is 5.75 Å². The molecule has 0 aliphatic carbocycles. The number of likely N-dealkylation sites (tertiary alicyclic amines) is 1. The third-order valence-corrected chi connectivity index (χ3v) is 6.30. The Kier molecular flexibility index (Phi) is 8.02. The Morgan fingerprint density at radius 1 is 0.939 bits per heavy atom. The van der Waals surface area contributed by atoms with E-state index in [0.29, 0.717) is 12.5 Å². The first-order chi connectivity index (χ1) is 16.1. The fraction of sp³-hybridized carbons (Fsp3) is 0.444. The van der Waals surface area contributed by atoms with Crippen LogP contribution in [0.15, 0.2) is 48.8 Å². The van der Waals surface area contributed by atoms with Gasteiger partial charge >= 0.3 is 0 Å². The molecule has 0 spiro atoms. The smallest absolute Gasteiger partial charge is 0.130 e. The molecule has 4 rings (SSSR count). The molecule has 6 heteroatoms. The molecule has 0 N–H and O–H groups in total. The van der Waals surface area contributed by atoms with Gasteiger partial charge in [-0.3, -0.25) is 9.88 Å². The number of methoxy groups -OCH3 is 2. The number of nitrogens with zero attached hydrogens (tertiary/aromatic N) is 4. The van der Waals surface area contributed by atoms with Crippen molar-refractivity contribution < 1.29 is 9.47 Å². The van der Waals surface area contributed by atoms with Crippen molar-refractivity contribution in [2.75, 3.05) is 33.9 Å². The quantitative estimate of drug-likeness (QED) is 0.487. The van der Waals surface area contributed by atoms with E-state index in [4.69, 9.17) is 14.5 Å². The Labute approximate surface area is 197 Å². The molecule has 0 bridgehead atoms. The average Bonchev–Trinajstić information content (AvgIpc) is 2.84. The van der Waals surface area contributed by atoms with Gasteiger partial charge in [0, 0.05) is 55.3 Å². The van der Waals surface area contributed by atoms with E-state index >= 15 is 0 Å².